The molecule has 2 N–H and O–H groups in total. The quantitative estimate of drug-likeness (QED) is 0.808. The second-order valence-electron chi connectivity index (χ2n) is 4.87. The molecule has 1 aliphatic rings. The van der Waals surface area contributed by atoms with E-state index in [4.69, 9.17) is 21.5 Å². The highest BCUT2D eigenvalue weighted by Gasteiger charge is 2.26. The SMILES string of the molecule is CN(C)CCN1CC(=O)Nc2cc(Cl)ccc2C1=O.O=CO. The van der Waals surface area contributed by atoms with Crippen molar-refractivity contribution in [2.75, 3.05) is 39.0 Å². The van der Waals surface area contributed by atoms with Gasteiger partial charge in [-0.2, -0.15) is 0 Å². The normalized spacial score (nSPS) is 13.7. The summed E-state index contributed by atoms with van der Waals surface area (Å²) in [6, 6.07) is 4.90. The van der Waals surface area contributed by atoms with Crippen LogP contribution in [-0.2, 0) is 9.59 Å². The fraction of sp³-hybridized carbons (Fsp3) is 0.357. The van der Waals surface area contributed by atoms with E-state index in [2.05, 4.69) is 5.32 Å². The van der Waals surface area contributed by atoms with Crippen molar-refractivity contribution < 1.29 is 19.5 Å². The monoisotopic (exact) mass is 327 g/mol. The van der Waals surface area contributed by atoms with Gasteiger partial charge in [-0.05, 0) is 32.3 Å². The van der Waals surface area contributed by atoms with E-state index >= 15 is 0 Å². The summed E-state index contributed by atoms with van der Waals surface area (Å²) in [5.41, 5.74) is 0.962. The second kappa shape index (κ2) is 8.35. The molecule has 0 unspecified atom stereocenters. The predicted octanol–water partition coefficient (Wildman–Crippen LogP) is 0.997. The number of carbonyl (C=O) groups is 3. The Bertz CT molecular complexity index is 563. The third-order valence-corrected chi connectivity index (χ3v) is 3.16. The Balaban J connectivity index is 0.000000745. The maximum absolute atomic E-state index is 12.4. The van der Waals surface area contributed by atoms with Gasteiger partial charge in [0.25, 0.3) is 12.4 Å². The number of carbonyl (C=O) groups excluding carboxylic acids is 2. The minimum absolute atomic E-state index is 0.0684. The van der Waals surface area contributed by atoms with E-state index in [1.54, 1.807) is 23.1 Å². The molecule has 0 bridgehead atoms. The number of benzene rings is 1. The van der Waals surface area contributed by atoms with E-state index in [1.165, 1.54) is 0 Å². The maximum Gasteiger partial charge on any atom is 0.290 e. The van der Waals surface area contributed by atoms with Gasteiger partial charge in [0, 0.05) is 18.1 Å². The van der Waals surface area contributed by atoms with Gasteiger partial charge in [0.05, 0.1) is 11.3 Å². The van der Waals surface area contributed by atoms with Crippen LogP contribution in [0.2, 0.25) is 5.02 Å². The summed E-state index contributed by atoms with van der Waals surface area (Å²) in [6.45, 7) is 1.04. The van der Waals surface area contributed by atoms with Gasteiger partial charge < -0.3 is 20.2 Å². The zero-order chi connectivity index (χ0) is 16.7. The average Bonchev–Trinajstić information content (AvgIpc) is 2.54. The maximum atomic E-state index is 12.4. The molecule has 0 radical (unpaired) electrons. The van der Waals surface area contributed by atoms with Gasteiger partial charge in [-0.1, -0.05) is 11.6 Å². The molecule has 0 fully saturated rings. The Kier molecular flexibility index (Phi) is 6.81. The lowest BCUT2D eigenvalue weighted by Crippen LogP contribution is -2.39. The number of hydrogen-bond acceptors (Lipinski definition) is 4. The number of amides is 2. The number of likely N-dealkylation sites (N-methyl/N-ethyl adjacent to an activating group) is 1. The molecule has 7 nitrogen and oxygen atoms in total. The first-order valence-electron chi connectivity index (χ1n) is 6.50. The molecule has 2 rings (SSSR count). The molecule has 1 heterocycles. The van der Waals surface area contributed by atoms with Crippen molar-refractivity contribution in [2.24, 2.45) is 0 Å². The van der Waals surface area contributed by atoms with Crippen molar-refractivity contribution in [1.29, 1.82) is 0 Å². The van der Waals surface area contributed by atoms with Crippen molar-refractivity contribution >= 4 is 35.6 Å². The number of nitrogens with one attached hydrogen (secondary N) is 1. The first-order chi connectivity index (χ1) is 10.4. The fourth-order valence-electron chi connectivity index (χ4n) is 1.91. The third kappa shape index (κ3) is 5.01. The molecule has 1 aromatic carbocycles. The van der Waals surface area contributed by atoms with Crippen LogP contribution in [0.3, 0.4) is 0 Å². The van der Waals surface area contributed by atoms with E-state index in [-0.39, 0.29) is 24.8 Å². The third-order valence-electron chi connectivity index (χ3n) is 2.92. The highest BCUT2D eigenvalue weighted by molar-refractivity contribution is 6.31. The van der Waals surface area contributed by atoms with Gasteiger partial charge in [-0.15, -0.1) is 0 Å². The Morgan fingerprint density at radius 2 is 2.05 bits per heavy atom. The van der Waals surface area contributed by atoms with Crippen LogP contribution in [0, 0.1) is 0 Å². The second-order valence-corrected chi connectivity index (χ2v) is 5.31. The molecule has 0 spiro atoms. The first-order valence-corrected chi connectivity index (χ1v) is 6.88. The van der Waals surface area contributed by atoms with Crippen LogP contribution in [0.1, 0.15) is 10.4 Å². The molecule has 0 aromatic heterocycles. The standard InChI is InChI=1S/C13H16ClN3O2.CH2O2/c1-16(2)5-6-17-8-12(18)15-11-7-9(14)3-4-10(11)13(17)19;2-1-3/h3-4,7H,5-6,8H2,1-2H3,(H,15,18);1H,(H,2,3). The minimum Gasteiger partial charge on any atom is -0.483 e. The molecule has 1 aromatic rings. The summed E-state index contributed by atoms with van der Waals surface area (Å²) in [5.74, 6) is -0.347. The summed E-state index contributed by atoms with van der Waals surface area (Å²) in [6.07, 6.45) is 0. The topological polar surface area (TPSA) is 90.0 Å². The molecular formula is C14H18ClN3O4. The van der Waals surface area contributed by atoms with E-state index in [0.717, 1.165) is 0 Å². The zero-order valence-electron chi connectivity index (χ0n) is 12.4. The smallest absolute Gasteiger partial charge is 0.290 e. The van der Waals surface area contributed by atoms with Crippen molar-refractivity contribution in [3.63, 3.8) is 0 Å². The Morgan fingerprint density at radius 3 is 2.64 bits per heavy atom. The van der Waals surface area contributed by atoms with Gasteiger partial charge in [0.1, 0.15) is 6.54 Å². The number of anilines is 1. The predicted molar refractivity (Wildman–Crippen MR) is 83.2 cm³/mol. The fourth-order valence-corrected chi connectivity index (χ4v) is 2.09. The molecular weight excluding hydrogens is 310 g/mol. The van der Waals surface area contributed by atoms with Gasteiger partial charge in [-0.3, -0.25) is 14.4 Å². The highest BCUT2D eigenvalue weighted by atomic mass is 35.5. The van der Waals surface area contributed by atoms with E-state index in [9.17, 15) is 9.59 Å². The lowest BCUT2D eigenvalue weighted by Gasteiger charge is -2.21. The number of fused-ring (bicyclic) bond motifs is 1. The summed E-state index contributed by atoms with van der Waals surface area (Å²) >= 11 is 5.88. The van der Waals surface area contributed by atoms with Gasteiger partial charge in [-0.25, -0.2) is 0 Å². The number of hydrogen-bond donors (Lipinski definition) is 2. The molecule has 1 aliphatic heterocycles. The number of rotatable bonds is 3. The van der Waals surface area contributed by atoms with Gasteiger partial charge >= 0.3 is 0 Å². The van der Waals surface area contributed by atoms with Crippen LogP contribution in [0.15, 0.2) is 18.2 Å². The summed E-state index contributed by atoms with van der Waals surface area (Å²) in [7, 11) is 3.85. The number of halogens is 1. The number of nitrogens with zero attached hydrogens (tertiary/aromatic N) is 2. The van der Waals surface area contributed by atoms with Gasteiger partial charge in [0.15, 0.2) is 0 Å². The summed E-state index contributed by atoms with van der Waals surface area (Å²) in [4.78, 5) is 36.1. The first kappa shape index (κ1) is 17.9. The lowest BCUT2D eigenvalue weighted by molar-refractivity contribution is -0.123. The molecule has 0 saturated carbocycles. The zero-order valence-corrected chi connectivity index (χ0v) is 13.1. The Hall–Kier alpha value is -2.12. The van der Waals surface area contributed by atoms with Crippen LogP contribution < -0.4 is 5.32 Å². The Morgan fingerprint density at radius 1 is 1.41 bits per heavy atom. The van der Waals surface area contributed by atoms with E-state index < -0.39 is 0 Å². The van der Waals surface area contributed by atoms with Crippen molar-refractivity contribution in [3.8, 4) is 0 Å². The molecule has 22 heavy (non-hydrogen) atoms. The molecule has 0 aliphatic carbocycles. The van der Waals surface area contributed by atoms with Crippen molar-refractivity contribution in [1.82, 2.24) is 9.80 Å². The van der Waals surface area contributed by atoms with Gasteiger partial charge in [0.2, 0.25) is 5.91 Å². The molecule has 2 amide bonds. The minimum atomic E-state index is -0.250. The molecule has 0 atom stereocenters. The van der Waals surface area contributed by atoms with E-state index in [1.807, 2.05) is 19.0 Å². The van der Waals surface area contributed by atoms with Crippen LogP contribution in [-0.4, -0.2) is 66.9 Å². The average molecular weight is 328 g/mol. The molecule has 8 heteroatoms. The molecule has 0 saturated heterocycles. The Labute approximate surface area is 133 Å². The van der Waals surface area contributed by atoms with E-state index in [0.29, 0.717) is 29.4 Å². The largest absolute Gasteiger partial charge is 0.483 e. The summed E-state index contributed by atoms with van der Waals surface area (Å²) in [5, 5.41) is 10.1. The van der Waals surface area contributed by atoms with Crippen LogP contribution in [0.5, 0.6) is 0 Å². The van der Waals surface area contributed by atoms with Crippen LogP contribution in [0.4, 0.5) is 5.69 Å². The van der Waals surface area contributed by atoms with Crippen LogP contribution >= 0.6 is 11.6 Å². The molecule has 120 valence electrons. The number of carboxylic acid groups (broad SMARTS) is 1. The summed E-state index contributed by atoms with van der Waals surface area (Å²) < 4.78 is 0. The van der Waals surface area contributed by atoms with Crippen molar-refractivity contribution in [3.05, 3.63) is 28.8 Å². The lowest BCUT2D eigenvalue weighted by atomic mass is 10.1. The highest BCUT2D eigenvalue weighted by Crippen LogP contribution is 2.24. The van der Waals surface area contributed by atoms with Crippen molar-refractivity contribution in [2.45, 2.75) is 0 Å². The van der Waals surface area contributed by atoms with Crippen LogP contribution in [0.25, 0.3) is 0 Å².